The normalized spacial score (nSPS) is 30.5. The van der Waals surface area contributed by atoms with Gasteiger partial charge in [-0.3, -0.25) is 24.3 Å². The molecule has 12 heteroatoms. The molecule has 7 atom stereocenters. The molecule has 36 heavy (non-hydrogen) atoms. The van der Waals surface area contributed by atoms with Crippen LogP contribution in [0.15, 0.2) is 42.5 Å². The summed E-state index contributed by atoms with van der Waals surface area (Å²) in [5.41, 5.74) is -2.33. The van der Waals surface area contributed by atoms with Crippen LogP contribution in [0.4, 0.5) is 4.39 Å². The van der Waals surface area contributed by atoms with E-state index in [1.54, 1.807) is 44.2 Å². The van der Waals surface area contributed by atoms with Gasteiger partial charge in [0, 0.05) is 6.08 Å². The summed E-state index contributed by atoms with van der Waals surface area (Å²) in [6, 6.07) is 7.33. The van der Waals surface area contributed by atoms with E-state index in [1.807, 2.05) is 0 Å². The topological polar surface area (TPSA) is 140 Å². The van der Waals surface area contributed by atoms with Crippen LogP contribution in [-0.4, -0.2) is 65.2 Å². The number of alkyl halides is 1. The highest BCUT2D eigenvalue weighted by atomic mass is 31.2. The maximum absolute atomic E-state index is 15.5. The molecule has 198 valence electrons. The van der Waals surface area contributed by atoms with Crippen LogP contribution in [0.3, 0.4) is 0 Å². The Balaban J connectivity index is 1.76. The molecule has 0 bridgehead atoms. The van der Waals surface area contributed by atoms with Crippen molar-refractivity contribution in [2.45, 2.75) is 70.2 Å². The number of para-hydroxylation sites is 1. The monoisotopic (exact) mass is 526 g/mol. The van der Waals surface area contributed by atoms with Gasteiger partial charge in [0.15, 0.2) is 5.67 Å². The molecule has 2 aliphatic heterocycles. The quantitative estimate of drug-likeness (QED) is 0.238. The second kappa shape index (κ2) is 11.2. The highest BCUT2D eigenvalue weighted by Gasteiger charge is 2.57. The number of aliphatic hydroxyl groups is 1. The van der Waals surface area contributed by atoms with Gasteiger partial charge in [-0.1, -0.05) is 24.3 Å². The van der Waals surface area contributed by atoms with E-state index in [2.05, 4.69) is 10.4 Å². The van der Waals surface area contributed by atoms with Crippen molar-refractivity contribution in [2.75, 3.05) is 6.16 Å². The second-order valence-corrected chi connectivity index (χ2v) is 11.6. The summed E-state index contributed by atoms with van der Waals surface area (Å²) in [4.78, 5) is 35.9. The summed E-state index contributed by atoms with van der Waals surface area (Å²) in [5, 5.41) is 15.5. The number of nitrogens with one attached hydrogen (secondary N) is 2. The number of imide groups is 1. The first-order chi connectivity index (χ1) is 16.8. The van der Waals surface area contributed by atoms with Crippen molar-refractivity contribution in [3.8, 4) is 5.75 Å². The lowest BCUT2D eigenvalue weighted by atomic mass is 9.85. The van der Waals surface area contributed by atoms with Gasteiger partial charge >= 0.3 is 13.5 Å². The molecule has 3 rings (SSSR count). The van der Waals surface area contributed by atoms with Crippen molar-refractivity contribution in [3.63, 3.8) is 0 Å². The Morgan fingerprint density at radius 2 is 1.94 bits per heavy atom. The Kier molecular flexibility index (Phi) is 8.71. The molecule has 10 nitrogen and oxygen atoms in total. The zero-order valence-electron chi connectivity index (χ0n) is 20.5. The Morgan fingerprint density at radius 3 is 2.56 bits per heavy atom. The number of aliphatic hydroxyl groups excluding tert-OH is 1. The first-order valence-electron chi connectivity index (χ1n) is 11.7. The Hall–Kier alpha value is -2.59. The van der Waals surface area contributed by atoms with Crippen LogP contribution in [0.5, 0.6) is 5.75 Å². The van der Waals surface area contributed by atoms with Crippen LogP contribution in [0, 0.1) is 5.92 Å². The van der Waals surface area contributed by atoms with Crippen molar-refractivity contribution >= 4 is 25.3 Å². The summed E-state index contributed by atoms with van der Waals surface area (Å²) in [5.74, 6) is -2.83. The maximum Gasteiger partial charge on any atom is 0.323 e. The molecule has 2 amide bonds. The number of halogens is 1. The number of hydrogen-bond donors (Lipinski definition) is 3. The van der Waals surface area contributed by atoms with Crippen molar-refractivity contribution < 1.29 is 42.4 Å². The second-order valence-electron chi connectivity index (χ2n) is 9.36. The van der Waals surface area contributed by atoms with Crippen molar-refractivity contribution in [3.05, 3.63) is 42.5 Å². The lowest BCUT2D eigenvalue weighted by Crippen LogP contribution is -2.50. The molecule has 2 heterocycles. The number of amides is 2. The third kappa shape index (κ3) is 6.59. The minimum absolute atomic E-state index is 0.114. The summed E-state index contributed by atoms with van der Waals surface area (Å²) in [6.45, 7) is 5.97. The fourth-order valence-electron chi connectivity index (χ4n) is 4.12. The van der Waals surface area contributed by atoms with Gasteiger partial charge in [-0.25, -0.2) is 9.48 Å². The molecule has 1 unspecified atom stereocenters. The zero-order valence-corrected chi connectivity index (χ0v) is 21.4. The average molecular weight is 526 g/mol. The number of benzene rings is 1. The maximum atomic E-state index is 15.5. The van der Waals surface area contributed by atoms with E-state index in [-0.39, 0.29) is 24.4 Å². The van der Waals surface area contributed by atoms with Crippen LogP contribution in [0.1, 0.15) is 34.1 Å². The van der Waals surface area contributed by atoms with Crippen LogP contribution < -0.4 is 14.9 Å². The van der Waals surface area contributed by atoms with Crippen molar-refractivity contribution in [2.24, 2.45) is 5.92 Å². The number of hydrogen-bond acceptors (Lipinski definition) is 8. The summed E-state index contributed by atoms with van der Waals surface area (Å²) in [7, 11) is -3.79. The van der Waals surface area contributed by atoms with Crippen LogP contribution in [-0.2, 0) is 28.4 Å². The molecule has 2 aliphatic rings. The third-order valence-corrected chi connectivity index (χ3v) is 8.07. The Labute approximate surface area is 209 Å². The number of esters is 1. The Morgan fingerprint density at radius 1 is 1.28 bits per heavy atom. The molecular weight excluding hydrogens is 494 g/mol. The highest BCUT2D eigenvalue weighted by Crippen LogP contribution is 2.47. The number of ether oxygens (including phenoxy) is 2. The van der Waals surface area contributed by atoms with Gasteiger partial charge in [0.1, 0.15) is 24.0 Å². The molecule has 0 saturated carbocycles. The van der Waals surface area contributed by atoms with Crippen LogP contribution in [0.25, 0.3) is 0 Å². The van der Waals surface area contributed by atoms with E-state index in [1.165, 1.54) is 13.0 Å². The summed E-state index contributed by atoms with van der Waals surface area (Å²) >= 11 is 0. The van der Waals surface area contributed by atoms with Gasteiger partial charge in [0.2, 0.25) is 11.8 Å². The predicted molar refractivity (Wildman–Crippen MR) is 128 cm³/mol. The van der Waals surface area contributed by atoms with Gasteiger partial charge in [-0.05, 0) is 46.2 Å². The molecule has 0 aliphatic carbocycles. The molecule has 0 aromatic heterocycles. The lowest BCUT2D eigenvalue weighted by Gasteiger charge is -2.29. The first kappa shape index (κ1) is 28.0. The Bertz CT molecular complexity index is 1050. The third-order valence-electron chi connectivity index (χ3n) is 5.94. The summed E-state index contributed by atoms with van der Waals surface area (Å²) in [6.07, 6.45) is -2.51. The number of rotatable bonds is 10. The molecule has 1 aromatic carbocycles. The fraction of sp³-hybridized carbons (Fsp3) is 0.542. The minimum Gasteiger partial charge on any atom is -0.462 e. The number of carbonyl (C=O) groups is 3. The van der Waals surface area contributed by atoms with Crippen LogP contribution in [0.2, 0.25) is 0 Å². The fourth-order valence-corrected chi connectivity index (χ4v) is 6.15. The van der Waals surface area contributed by atoms with Gasteiger partial charge < -0.3 is 19.1 Å². The van der Waals surface area contributed by atoms with Crippen molar-refractivity contribution in [1.29, 1.82) is 0 Å². The van der Waals surface area contributed by atoms with Gasteiger partial charge in [-0.15, -0.1) is 0 Å². The molecule has 1 saturated heterocycles. The van der Waals surface area contributed by atoms with E-state index in [0.29, 0.717) is 0 Å². The van der Waals surface area contributed by atoms with Gasteiger partial charge in [0.05, 0.1) is 24.3 Å². The van der Waals surface area contributed by atoms with Gasteiger partial charge in [0.25, 0.3) is 0 Å². The minimum atomic E-state index is -3.79. The van der Waals surface area contributed by atoms with Crippen molar-refractivity contribution in [1.82, 2.24) is 10.4 Å². The standard InChI is InChI=1S/C24H32FN2O8P/c1-14(2)33-23(31)15(3)27-36(32,35-16-8-6-5-7-9-16)13-12-18-20(29)24(4,25)21(34-18)17-10-11-19(28)26-22(17)30/h5-11,14-15,17-18,20-21,29H,12-13H2,1-4H3,(H,27,32)(H,26,28,30)/t15-,17?,18+,20+,21-,24+,36-/m0/s1. The molecule has 0 radical (unpaired) electrons. The smallest absolute Gasteiger partial charge is 0.323 e. The molecule has 3 N–H and O–H groups in total. The largest absolute Gasteiger partial charge is 0.462 e. The predicted octanol–water partition coefficient (Wildman–Crippen LogP) is 2.26. The first-order valence-corrected chi connectivity index (χ1v) is 13.5. The lowest BCUT2D eigenvalue weighted by molar-refractivity contribution is -0.149. The molecule has 1 aromatic rings. The molecule has 0 spiro atoms. The van der Waals surface area contributed by atoms with E-state index in [4.69, 9.17) is 14.0 Å². The van der Waals surface area contributed by atoms with E-state index >= 15 is 4.39 Å². The zero-order chi connectivity index (χ0) is 26.7. The molecule has 1 fully saturated rings. The number of carbonyl (C=O) groups excluding carboxylic acids is 3. The van der Waals surface area contributed by atoms with Gasteiger partial charge in [-0.2, -0.15) is 0 Å². The van der Waals surface area contributed by atoms with E-state index < -0.39 is 61.2 Å². The molecular formula is C24H32FN2O8P. The van der Waals surface area contributed by atoms with E-state index in [0.717, 1.165) is 13.0 Å². The SMILES string of the molecule is CC(C)OC(=O)[C@H](C)N[P@](=O)(CC[C@H]1O[C@@H](C2C=CC(=O)NC2=O)[C@](C)(F)[C@@H]1O)Oc1ccccc1. The summed E-state index contributed by atoms with van der Waals surface area (Å²) < 4.78 is 46.0. The van der Waals surface area contributed by atoms with E-state index in [9.17, 15) is 24.1 Å². The van der Waals surface area contributed by atoms with Crippen LogP contribution >= 0.6 is 7.52 Å². The highest BCUT2D eigenvalue weighted by molar-refractivity contribution is 7.57. The average Bonchev–Trinajstić information content (AvgIpc) is 3.01.